The molecule has 0 bridgehead atoms. The van der Waals surface area contributed by atoms with Crippen LogP contribution < -0.4 is 11.4 Å². The number of carbonyl (C=O) groups is 1. The minimum atomic E-state index is -2.96. The Bertz CT molecular complexity index is 878. The summed E-state index contributed by atoms with van der Waals surface area (Å²) in [5, 5.41) is 20.2. The predicted octanol–water partition coefficient (Wildman–Crippen LogP) is -0.670. The first-order valence-electron chi connectivity index (χ1n) is 7.99. The molecule has 2 rings (SSSR count). The number of hydrogen-bond acceptors (Lipinski definition) is 8. The number of rotatable bonds is 5. The summed E-state index contributed by atoms with van der Waals surface area (Å²) in [5.74, 6) is -1.89. The van der Waals surface area contributed by atoms with Gasteiger partial charge in [-0.1, -0.05) is 32.0 Å². The van der Waals surface area contributed by atoms with Gasteiger partial charge in [0, 0.05) is 6.20 Å². The topological polar surface area (TPSA) is 140 Å². The van der Waals surface area contributed by atoms with Gasteiger partial charge in [-0.05, 0) is 5.92 Å². The molecule has 9 nitrogen and oxygen atoms in total. The molecule has 1 saturated heterocycles. The smallest absolute Gasteiger partial charge is 0.328 e. The van der Waals surface area contributed by atoms with E-state index in [4.69, 9.17) is 33.8 Å². The number of aliphatic hydroxyl groups excluding tert-OH is 2. The second kappa shape index (κ2) is 7.87. The highest BCUT2D eigenvalue weighted by Crippen LogP contribution is 2.38. The average Bonchev–Trinajstić information content (AvgIpc) is 2.84. The van der Waals surface area contributed by atoms with E-state index in [2.05, 4.69) is 10.9 Å². The summed E-state index contributed by atoms with van der Waals surface area (Å²) in [7, 11) is 0. The maximum atomic E-state index is 15.0. The van der Waals surface area contributed by atoms with Gasteiger partial charge in [0.2, 0.25) is 0 Å². The zero-order chi connectivity index (χ0) is 20.5. The third-order valence-electron chi connectivity index (χ3n) is 4.17. The number of aromatic amines is 1. The zero-order valence-electron chi connectivity index (χ0n) is 14.6. The summed E-state index contributed by atoms with van der Waals surface area (Å²) in [6.45, 7) is 2.32. The normalized spacial score (nSPS) is 28.7. The Morgan fingerprint density at radius 2 is 2.26 bits per heavy atom. The fraction of sp³-hybridized carbons (Fsp3) is 0.562. The minimum absolute atomic E-state index is 0.0186. The van der Waals surface area contributed by atoms with Crippen LogP contribution >= 0.6 is 12.2 Å². The van der Waals surface area contributed by atoms with Crippen LogP contribution in [-0.4, -0.2) is 56.4 Å². The molecular weight excluding hydrogens is 381 g/mol. The number of nitrogens with one attached hydrogen (secondary N) is 1. The number of halogens is 1. The highest BCUT2D eigenvalue weighted by molar-refractivity contribution is 7.71. The third-order valence-corrected chi connectivity index (χ3v) is 4.50. The number of aliphatic hydroxyl groups is 2. The Hall–Kier alpha value is -2.10. The van der Waals surface area contributed by atoms with E-state index < -0.39 is 48.6 Å². The molecule has 27 heavy (non-hydrogen) atoms. The quantitative estimate of drug-likeness (QED) is 0.289. The van der Waals surface area contributed by atoms with Crippen LogP contribution in [0.15, 0.2) is 11.0 Å². The molecule has 0 amide bonds. The molecule has 11 heteroatoms. The molecule has 0 saturated carbocycles. The fourth-order valence-electron chi connectivity index (χ4n) is 2.41. The number of terminal acetylenes is 1. The summed E-state index contributed by atoms with van der Waals surface area (Å²) in [4.78, 5) is 26.1. The van der Waals surface area contributed by atoms with Gasteiger partial charge in [-0.15, -0.1) is 6.42 Å². The van der Waals surface area contributed by atoms with Crippen LogP contribution in [0.3, 0.4) is 0 Å². The summed E-state index contributed by atoms with van der Waals surface area (Å²) in [6, 6.07) is -0.997. The van der Waals surface area contributed by atoms with Gasteiger partial charge in [-0.2, -0.15) is 0 Å². The largest absolute Gasteiger partial charge is 0.458 e. The van der Waals surface area contributed by atoms with E-state index in [-0.39, 0.29) is 16.1 Å². The number of esters is 1. The van der Waals surface area contributed by atoms with Crippen molar-refractivity contribution in [3.63, 3.8) is 0 Å². The maximum absolute atomic E-state index is 15.0. The molecule has 5 N–H and O–H groups in total. The summed E-state index contributed by atoms with van der Waals surface area (Å²) in [6.07, 6.45) is 0.781. The number of aromatic nitrogens is 2. The Morgan fingerprint density at radius 3 is 2.81 bits per heavy atom. The van der Waals surface area contributed by atoms with E-state index in [1.807, 2.05) is 0 Å². The Kier molecular flexibility index (Phi) is 6.18. The van der Waals surface area contributed by atoms with Crippen molar-refractivity contribution >= 4 is 18.2 Å². The molecule has 2 heterocycles. The number of alkyl halides is 1. The summed E-state index contributed by atoms with van der Waals surface area (Å²) < 4.78 is 25.5. The first-order chi connectivity index (χ1) is 12.5. The van der Waals surface area contributed by atoms with Crippen LogP contribution in [0.1, 0.15) is 25.6 Å². The highest BCUT2D eigenvalue weighted by atomic mass is 32.1. The van der Waals surface area contributed by atoms with E-state index in [1.165, 1.54) is 0 Å². The Labute approximate surface area is 158 Å². The number of nitrogens with zero attached hydrogens (tertiary/aromatic N) is 1. The highest BCUT2D eigenvalue weighted by Gasteiger charge is 2.57. The molecular formula is C16H20FN3O6S. The van der Waals surface area contributed by atoms with Crippen molar-refractivity contribution in [1.29, 1.82) is 0 Å². The maximum Gasteiger partial charge on any atom is 0.328 e. The lowest BCUT2D eigenvalue weighted by atomic mass is 10.1. The minimum Gasteiger partial charge on any atom is -0.458 e. The molecule has 1 aromatic heterocycles. The van der Waals surface area contributed by atoms with Crippen molar-refractivity contribution in [2.24, 2.45) is 11.7 Å². The fourth-order valence-corrected chi connectivity index (χ4v) is 2.61. The summed E-state index contributed by atoms with van der Waals surface area (Å²) >= 11 is 4.88. The van der Waals surface area contributed by atoms with Gasteiger partial charge >= 0.3 is 11.7 Å². The van der Waals surface area contributed by atoms with Crippen molar-refractivity contribution in [2.45, 2.75) is 44.2 Å². The zero-order valence-corrected chi connectivity index (χ0v) is 15.4. The number of H-pyrrole nitrogens is 1. The van der Waals surface area contributed by atoms with Crippen LogP contribution in [0, 0.1) is 22.9 Å². The Morgan fingerprint density at radius 1 is 1.63 bits per heavy atom. The number of ether oxygens (including phenoxy) is 2. The number of carbonyl (C=O) groups excluding carboxylic acids is 1. The standard InChI is InChI=1S/C16H20FN3O6S/c1-4-8-5-20(15(24)19-12(8)27)13-10(21)11(22)16(17,26-13)6-25-14(23)9(18)7(2)3/h1,5,7,9-11,13,21-22H,6,18H2,2-3H3,(H,19,24,27)/t9-,10+,11-,13+,16+/m0/s1. The molecule has 5 atom stereocenters. The lowest BCUT2D eigenvalue weighted by molar-refractivity contribution is -0.217. The van der Waals surface area contributed by atoms with E-state index in [1.54, 1.807) is 13.8 Å². The number of hydrogen-bond donors (Lipinski definition) is 4. The second-order valence-electron chi connectivity index (χ2n) is 6.46. The van der Waals surface area contributed by atoms with Crippen molar-refractivity contribution in [2.75, 3.05) is 6.61 Å². The van der Waals surface area contributed by atoms with Gasteiger partial charge in [-0.25, -0.2) is 9.18 Å². The Balaban J connectivity index is 2.25. The molecule has 0 spiro atoms. The molecule has 1 aliphatic rings. The second-order valence-corrected chi connectivity index (χ2v) is 6.87. The first kappa shape index (κ1) is 21.2. The predicted molar refractivity (Wildman–Crippen MR) is 93.6 cm³/mol. The van der Waals surface area contributed by atoms with Gasteiger partial charge in [0.15, 0.2) is 12.8 Å². The van der Waals surface area contributed by atoms with Crippen molar-refractivity contribution in [1.82, 2.24) is 9.55 Å². The first-order valence-corrected chi connectivity index (χ1v) is 8.39. The molecule has 1 fully saturated rings. The molecule has 0 aliphatic carbocycles. The lowest BCUT2D eigenvalue weighted by Crippen LogP contribution is -2.46. The molecule has 0 radical (unpaired) electrons. The average molecular weight is 401 g/mol. The van der Waals surface area contributed by atoms with E-state index >= 15 is 0 Å². The van der Waals surface area contributed by atoms with Crippen LogP contribution in [0.5, 0.6) is 0 Å². The SMILES string of the molecule is C#Cc1cn([C@@H]2O[C@](F)(COC(=O)[C@@H](N)C(C)C)[C@@H](O)[C@H]2O)c(=O)[nH]c1=S. The monoisotopic (exact) mass is 401 g/mol. The molecule has 0 unspecified atom stereocenters. The molecule has 148 valence electrons. The lowest BCUT2D eigenvalue weighted by Gasteiger charge is -2.24. The van der Waals surface area contributed by atoms with Crippen molar-refractivity contribution in [3.8, 4) is 12.3 Å². The van der Waals surface area contributed by atoms with Gasteiger partial charge in [0.05, 0.1) is 5.56 Å². The van der Waals surface area contributed by atoms with E-state index in [0.29, 0.717) is 0 Å². The molecule has 1 aliphatic heterocycles. The third kappa shape index (κ3) is 4.10. The summed E-state index contributed by atoms with van der Waals surface area (Å²) in [5.41, 5.74) is 4.87. The van der Waals surface area contributed by atoms with Gasteiger partial charge < -0.3 is 25.4 Å². The van der Waals surface area contributed by atoms with Crippen molar-refractivity contribution in [3.05, 3.63) is 26.9 Å². The van der Waals surface area contributed by atoms with Gasteiger partial charge in [-0.3, -0.25) is 14.3 Å². The van der Waals surface area contributed by atoms with E-state index in [0.717, 1.165) is 10.8 Å². The van der Waals surface area contributed by atoms with Crippen LogP contribution in [0.25, 0.3) is 0 Å². The molecule has 0 aromatic carbocycles. The molecule has 1 aromatic rings. The van der Waals surface area contributed by atoms with Gasteiger partial charge in [0.25, 0.3) is 5.85 Å². The number of nitrogens with two attached hydrogens (primary N) is 1. The van der Waals surface area contributed by atoms with Crippen molar-refractivity contribution < 1.29 is 28.9 Å². The van der Waals surface area contributed by atoms with Crippen LogP contribution in [0.2, 0.25) is 0 Å². The van der Waals surface area contributed by atoms with Crippen LogP contribution in [-0.2, 0) is 14.3 Å². The van der Waals surface area contributed by atoms with Gasteiger partial charge in [0.1, 0.15) is 22.9 Å². The van der Waals surface area contributed by atoms with Crippen LogP contribution in [0.4, 0.5) is 4.39 Å². The van der Waals surface area contributed by atoms with E-state index in [9.17, 15) is 24.2 Å².